The lowest BCUT2D eigenvalue weighted by Gasteiger charge is -2.13. The van der Waals surface area contributed by atoms with E-state index in [2.05, 4.69) is 51.5 Å². The molecule has 0 aliphatic rings. The van der Waals surface area contributed by atoms with E-state index in [1.54, 1.807) is 13.3 Å². The Balaban J connectivity index is 2.58. The van der Waals surface area contributed by atoms with Gasteiger partial charge in [-0.1, -0.05) is 13.8 Å². The van der Waals surface area contributed by atoms with Gasteiger partial charge in [-0.05, 0) is 34.5 Å². The summed E-state index contributed by atoms with van der Waals surface area (Å²) in [5.74, 6) is 1.57. The van der Waals surface area contributed by atoms with Crippen molar-refractivity contribution in [2.24, 2.45) is 5.92 Å². The Morgan fingerprint density at radius 2 is 2.22 bits per heavy atom. The van der Waals surface area contributed by atoms with E-state index in [1.165, 1.54) is 5.56 Å². The maximum atomic E-state index is 5.02. The number of nitrogens with one attached hydrogen (secondary N) is 2. The van der Waals surface area contributed by atoms with Crippen molar-refractivity contribution >= 4 is 21.7 Å². The third kappa shape index (κ3) is 5.80. The third-order valence-electron chi connectivity index (χ3n) is 2.40. The van der Waals surface area contributed by atoms with Crippen molar-refractivity contribution in [1.29, 1.82) is 0 Å². The lowest BCUT2D eigenvalue weighted by atomic mass is 10.2. The zero-order valence-corrected chi connectivity index (χ0v) is 12.9. The average Bonchev–Trinajstić information content (AvgIpc) is 2.31. The molecule has 0 atom stereocenters. The Bertz CT molecular complexity index is 358. The molecule has 5 heteroatoms. The van der Waals surface area contributed by atoms with Crippen molar-refractivity contribution in [1.82, 2.24) is 10.3 Å². The Hall–Kier alpha value is -0.650. The van der Waals surface area contributed by atoms with E-state index in [9.17, 15) is 0 Å². The van der Waals surface area contributed by atoms with Crippen LogP contribution in [-0.4, -0.2) is 31.8 Å². The minimum absolute atomic E-state index is 0.648. The second-order valence-corrected chi connectivity index (χ2v) is 5.52. The molecule has 1 heterocycles. The standard InChI is InChI=1S/C13H22BrN3O/c1-10(2)7-15-8-11-6-12(14)9-17-13(11)16-4-5-18-3/h6,9-10,15H,4-5,7-8H2,1-3H3,(H,16,17). The lowest BCUT2D eigenvalue weighted by molar-refractivity contribution is 0.210. The predicted octanol–water partition coefficient (Wildman–Crippen LogP) is 2.65. The van der Waals surface area contributed by atoms with Gasteiger partial charge in [0.25, 0.3) is 0 Å². The van der Waals surface area contributed by atoms with Crippen molar-refractivity contribution in [3.8, 4) is 0 Å². The van der Waals surface area contributed by atoms with Gasteiger partial charge in [-0.25, -0.2) is 4.98 Å². The van der Waals surface area contributed by atoms with Crippen LogP contribution < -0.4 is 10.6 Å². The molecular weight excluding hydrogens is 294 g/mol. The fourth-order valence-corrected chi connectivity index (χ4v) is 1.92. The molecule has 1 aromatic heterocycles. The van der Waals surface area contributed by atoms with Crippen molar-refractivity contribution in [3.05, 3.63) is 22.3 Å². The molecule has 18 heavy (non-hydrogen) atoms. The Morgan fingerprint density at radius 3 is 2.89 bits per heavy atom. The molecule has 0 aliphatic heterocycles. The number of ether oxygens (including phenoxy) is 1. The molecule has 0 bridgehead atoms. The maximum absolute atomic E-state index is 5.02. The number of methoxy groups -OCH3 is 1. The van der Waals surface area contributed by atoms with Crippen LogP contribution in [0.2, 0.25) is 0 Å². The van der Waals surface area contributed by atoms with Crippen molar-refractivity contribution in [2.75, 3.05) is 32.1 Å². The second kappa shape index (κ2) is 8.45. The number of nitrogens with zero attached hydrogens (tertiary/aromatic N) is 1. The molecular formula is C13H22BrN3O. The van der Waals surface area contributed by atoms with Crippen molar-refractivity contribution in [3.63, 3.8) is 0 Å². The number of pyridine rings is 1. The molecule has 0 radical (unpaired) electrons. The highest BCUT2D eigenvalue weighted by Gasteiger charge is 2.05. The molecule has 0 fully saturated rings. The van der Waals surface area contributed by atoms with Gasteiger partial charge >= 0.3 is 0 Å². The summed E-state index contributed by atoms with van der Waals surface area (Å²) in [6.45, 7) is 7.66. The summed E-state index contributed by atoms with van der Waals surface area (Å²) in [6, 6.07) is 2.09. The van der Waals surface area contributed by atoms with Gasteiger partial charge in [0.15, 0.2) is 0 Å². The Kier molecular flexibility index (Phi) is 7.23. The normalized spacial score (nSPS) is 10.9. The summed E-state index contributed by atoms with van der Waals surface area (Å²) >= 11 is 3.46. The van der Waals surface area contributed by atoms with Crippen LogP contribution in [0.5, 0.6) is 0 Å². The van der Waals surface area contributed by atoms with Gasteiger partial charge in [-0.3, -0.25) is 0 Å². The number of anilines is 1. The van der Waals surface area contributed by atoms with Gasteiger partial charge in [-0.15, -0.1) is 0 Å². The second-order valence-electron chi connectivity index (χ2n) is 4.61. The summed E-state index contributed by atoms with van der Waals surface area (Å²) in [5.41, 5.74) is 1.17. The SMILES string of the molecule is COCCNc1ncc(Br)cc1CNCC(C)C. The molecule has 0 aromatic carbocycles. The van der Waals surface area contributed by atoms with Crippen LogP contribution >= 0.6 is 15.9 Å². The van der Waals surface area contributed by atoms with Gasteiger partial charge in [-0.2, -0.15) is 0 Å². The van der Waals surface area contributed by atoms with Crippen LogP contribution in [0.25, 0.3) is 0 Å². The predicted molar refractivity (Wildman–Crippen MR) is 78.8 cm³/mol. The highest BCUT2D eigenvalue weighted by atomic mass is 79.9. The quantitative estimate of drug-likeness (QED) is 0.724. The summed E-state index contributed by atoms with van der Waals surface area (Å²) in [5, 5.41) is 6.71. The van der Waals surface area contributed by atoms with Gasteiger partial charge < -0.3 is 15.4 Å². The lowest BCUT2D eigenvalue weighted by Crippen LogP contribution is -2.20. The van der Waals surface area contributed by atoms with Gasteiger partial charge in [0.05, 0.1) is 6.61 Å². The minimum atomic E-state index is 0.648. The minimum Gasteiger partial charge on any atom is -0.383 e. The fourth-order valence-electron chi connectivity index (χ4n) is 1.54. The summed E-state index contributed by atoms with van der Waals surface area (Å²) < 4.78 is 6.03. The fraction of sp³-hybridized carbons (Fsp3) is 0.615. The molecule has 0 spiro atoms. The van der Waals surface area contributed by atoms with E-state index in [0.29, 0.717) is 12.5 Å². The topological polar surface area (TPSA) is 46.2 Å². The van der Waals surface area contributed by atoms with E-state index in [1.807, 2.05) is 0 Å². The molecule has 0 saturated heterocycles. The molecule has 4 nitrogen and oxygen atoms in total. The molecule has 1 rings (SSSR count). The van der Waals surface area contributed by atoms with E-state index in [4.69, 9.17) is 4.74 Å². The molecule has 0 amide bonds. The molecule has 0 aliphatic carbocycles. The van der Waals surface area contributed by atoms with Gasteiger partial charge in [0.1, 0.15) is 5.82 Å². The molecule has 2 N–H and O–H groups in total. The number of aromatic nitrogens is 1. The highest BCUT2D eigenvalue weighted by molar-refractivity contribution is 9.10. The van der Waals surface area contributed by atoms with Gasteiger partial charge in [0, 0.05) is 36.4 Å². The number of hydrogen-bond donors (Lipinski definition) is 2. The largest absolute Gasteiger partial charge is 0.383 e. The number of hydrogen-bond acceptors (Lipinski definition) is 4. The van der Waals surface area contributed by atoms with E-state index >= 15 is 0 Å². The van der Waals surface area contributed by atoms with Crippen LogP contribution in [-0.2, 0) is 11.3 Å². The van der Waals surface area contributed by atoms with Crippen molar-refractivity contribution in [2.45, 2.75) is 20.4 Å². The summed E-state index contributed by atoms with van der Waals surface area (Å²) in [6.07, 6.45) is 1.81. The number of rotatable bonds is 8. The molecule has 0 saturated carbocycles. The van der Waals surface area contributed by atoms with Crippen LogP contribution in [0, 0.1) is 5.92 Å². The molecule has 1 aromatic rings. The van der Waals surface area contributed by atoms with E-state index in [-0.39, 0.29) is 0 Å². The van der Waals surface area contributed by atoms with Crippen LogP contribution in [0.1, 0.15) is 19.4 Å². The van der Waals surface area contributed by atoms with E-state index in [0.717, 1.165) is 29.9 Å². The first-order valence-corrected chi connectivity index (χ1v) is 7.00. The van der Waals surface area contributed by atoms with Crippen molar-refractivity contribution < 1.29 is 4.74 Å². The van der Waals surface area contributed by atoms with Crippen LogP contribution in [0.3, 0.4) is 0 Å². The first-order chi connectivity index (χ1) is 8.63. The average molecular weight is 316 g/mol. The smallest absolute Gasteiger partial charge is 0.130 e. The first-order valence-electron chi connectivity index (χ1n) is 6.21. The monoisotopic (exact) mass is 315 g/mol. The third-order valence-corrected chi connectivity index (χ3v) is 2.83. The Morgan fingerprint density at radius 1 is 1.44 bits per heavy atom. The zero-order valence-electron chi connectivity index (χ0n) is 11.3. The maximum Gasteiger partial charge on any atom is 0.130 e. The van der Waals surface area contributed by atoms with Crippen LogP contribution in [0.15, 0.2) is 16.7 Å². The first kappa shape index (κ1) is 15.4. The van der Waals surface area contributed by atoms with E-state index < -0.39 is 0 Å². The summed E-state index contributed by atoms with van der Waals surface area (Å²) in [7, 11) is 1.70. The van der Waals surface area contributed by atoms with Gasteiger partial charge in [0.2, 0.25) is 0 Å². The summed E-state index contributed by atoms with van der Waals surface area (Å²) in [4.78, 5) is 4.39. The Labute approximate surface area is 118 Å². The molecule has 102 valence electrons. The molecule has 0 unspecified atom stereocenters. The number of halogens is 1. The highest BCUT2D eigenvalue weighted by Crippen LogP contribution is 2.17. The zero-order chi connectivity index (χ0) is 13.4. The van der Waals surface area contributed by atoms with Crippen LogP contribution in [0.4, 0.5) is 5.82 Å².